The Hall–Kier alpha value is -2.11. The van der Waals surface area contributed by atoms with Gasteiger partial charge >= 0.3 is 0 Å². The molecule has 1 saturated heterocycles. The summed E-state index contributed by atoms with van der Waals surface area (Å²) in [4.78, 5) is 12.0. The van der Waals surface area contributed by atoms with Crippen molar-refractivity contribution >= 4 is 40.7 Å². The third-order valence-corrected chi connectivity index (χ3v) is 4.74. The van der Waals surface area contributed by atoms with Gasteiger partial charge in [0.15, 0.2) is 5.17 Å². The molecule has 1 fully saturated rings. The average Bonchev–Trinajstić information content (AvgIpc) is 2.90. The molecular formula is C17H14ClN3OS. The van der Waals surface area contributed by atoms with Gasteiger partial charge < -0.3 is 5.32 Å². The standard InChI is InChI=1S/C17H14ClN3OS/c18-14-9-5-4-8-13(14)10-15-16(22)20-17(23-15)21-19-11-12-6-2-1-3-7-12/h1-9,11,15H,10H2,(H,20,21,22)/b19-11-/t15-/m1/s1. The zero-order chi connectivity index (χ0) is 16.1. The van der Waals surface area contributed by atoms with Crippen LogP contribution >= 0.6 is 23.4 Å². The Morgan fingerprint density at radius 1 is 1.13 bits per heavy atom. The first kappa shape index (κ1) is 15.8. The van der Waals surface area contributed by atoms with Crippen LogP contribution in [0.15, 0.2) is 64.8 Å². The summed E-state index contributed by atoms with van der Waals surface area (Å²) in [5.74, 6) is -0.0661. The summed E-state index contributed by atoms with van der Waals surface area (Å²) in [6, 6.07) is 17.2. The van der Waals surface area contributed by atoms with Crippen molar-refractivity contribution < 1.29 is 4.79 Å². The van der Waals surface area contributed by atoms with Crippen molar-refractivity contribution in [3.63, 3.8) is 0 Å². The Morgan fingerprint density at radius 2 is 1.87 bits per heavy atom. The summed E-state index contributed by atoms with van der Waals surface area (Å²) < 4.78 is 0. The maximum Gasteiger partial charge on any atom is 0.239 e. The molecule has 0 aromatic heterocycles. The zero-order valence-electron chi connectivity index (χ0n) is 12.1. The summed E-state index contributed by atoms with van der Waals surface area (Å²) in [7, 11) is 0. The van der Waals surface area contributed by atoms with Gasteiger partial charge in [-0.15, -0.1) is 5.10 Å². The number of rotatable bonds is 4. The average molecular weight is 344 g/mol. The molecule has 0 saturated carbocycles. The van der Waals surface area contributed by atoms with E-state index in [-0.39, 0.29) is 11.2 Å². The highest BCUT2D eigenvalue weighted by molar-refractivity contribution is 8.15. The second-order valence-electron chi connectivity index (χ2n) is 4.95. The van der Waals surface area contributed by atoms with Crippen LogP contribution in [-0.4, -0.2) is 22.5 Å². The summed E-state index contributed by atoms with van der Waals surface area (Å²) in [5, 5.41) is 11.8. The van der Waals surface area contributed by atoms with E-state index in [1.54, 1.807) is 6.21 Å². The van der Waals surface area contributed by atoms with Crippen LogP contribution < -0.4 is 5.32 Å². The monoisotopic (exact) mass is 343 g/mol. The number of benzene rings is 2. The summed E-state index contributed by atoms with van der Waals surface area (Å²) in [6.45, 7) is 0. The number of hydrogen-bond acceptors (Lipinski definition) is 4. The smallest absolute Gasteiger partial charge is 0.239 e. The molecule has 4 nitrogen and oxygen atoms in total. The molecule has 0 aliphatic carbocycles. The van der Waals surface area contributed by atoms with Gasteiger partial charge in [-0.25, -0.2) is 0 Å². The predicted octanol–water partition coefficient (Wildman–Crippen LogP) is 3.50. The van der Waals surface area contributed by atoms with Crippen LogP contribution in [0, 0.1) is 0 Å². The molecule has 1 aliphatic rings. The third-order valence-electron chi connectivity index (χ3n) is 3.29. The Bertz CT molecular complexity index is 761. The second-order valence-corrected chi connectivity index (χ2v) is 6.55. The number of carbonyl (C=O) groups is 1. The van der Waals surface area contributed by atoms with Crippen molar-refractivity contribution in [2.24, 2.45) is 10.2 Å². The van der Waals surface area contributed by atoms with E-state index < -0.39 is 0 Å². The first-order valence-electron chi connectivity index (χ1n) is 7.09. The van der Waals surface area contributed by atoms with Gasteiger partial charge in [0, 0.05) is 5.02 Å². The molecule has 23 heavy (non-hydrogen) atoms. The van der Waals surface area contributed by atoms with Gasteiger partial charge in [-0.3, -0.25) is 4.79 Å². The van der Waals surface area contributed by atoms with Crippen LogP contribution in [0.2, 0.25) is 5.02 Å². The topological polar surface area (TPSA) is 53.8 Å². The second kappa shape index (κ2) is 7.44. The molecule has 3 rings (SSSR count). The first-order valence-corrected chi connectivity index (χ1v) is 8.35. The number of halogens is 1. The van der Waals surface area contributed by atoms with Crippen LogP contribution in [0.3, 0.4) is 0 Å². The lowest BCUT2D eigenvalue weighted by Crippen LogP contribution is -2.26. The molecule has 2 aromatic rings. The van der Waals surface area contributed by atoms with Crippen LogP contribution in [0.4, 0.5) is 0 Å². The molecule has 1 heterocycles. The molecule has 0 unspecified atom stereocenters. The molecule has 1 atom stereocenters. The fraction of sp³-hybridized carbons (Fsp3) is 0.118. The van der Waals surface area contributed by atoms with E-state index in [9.17, 15) is 4.79 Å². The van der Waals surface area contributed by atoms with Gasteiger partial charge in [-0.1, -0.05) is 71.9 Å². The quantitative estimate of drug-likeness (QED) is 0.682. The number of thioether (sulfide) groups is 1. The molecule has 0 radical (unpaired) electrons. The van der Waals surface area contributed by atoms with Gasteiger partial charge in [0.2, 0.25) is 5.91 Å². The summed E-state index contributed by atoms with van der Waals surface area (Å²) >= 11 is 7.52. The maximum atomic E-state index is 12.0. The molecule has 0 bridgehead atoms. The molecule has 1 aliphatic heterocycles. The minimum Gasteiger partial charge on any atom is -0.303 e. The van der Waals surface area contributed by atoms with Gasteiger partial charge in [0.1, 0.15) is 0 Å². The third kappa shape index (κ3) is 4.21. The molecule has 1 N–H and O–H groups in total. The molecule has 2 aromatic carbocycles. The van der Waals surface area contributed by atoms with Crippen LogP contribution in [0.1, 0.15) is 11.1 Å². The highest BCUT2D eigenvalue weighted by Gasteiger charge is 2.30. The van der Waals surface area contributed by atoms with E-state index in [0.29, 0.717) is 16.6 Å². The zero-order valence-corrected chi connectivity index (χ0v) is 13.7. The van der Waals surface area contributed by atoms with Crippen molar-refractivity contribution in [3.05, 3.63) is 70.7 Å². The van der Waals surface area contributed by atoms with Gasteiger partial charge in [-0.05, 0) is 23.6 Å². The van der Waals surface area contributed by atoms with Crippen LogP contribution in [0.5, 0.6) is 0 Å². The van der Waals surface area contributed by atoms with Crippen molar-refractivity contribution in [3.8, 4) is 0 Å². The highest BCUT2D eigenvalue weighted by Crippen LogP contribution is 2.26. The lowest BCUT2D eigenvalue weighted by molar-refractivity contribution is -0.118. The Labute approximate surface area is 143 Å². The van der Waals surface area contributed by atoms with Gasteiger partial charge in [0.05, 0.1) is 11.5 Å². The SMILES string of the molecule is O=C1N/C(=N\N=C/c2ccccc2)S[C@@H]1Cc1ccccc1Cl. The molecule has 116 valence electrons. The van der Waals surface area contributed by atoms with Gasteiger partial charge in [-0.2, -0.15) is 5.10 Å². The minimum absolute atomic E-state index is 0.0661. The van der Waals surface area contributed by atoms with Crippen LogP contribution in [0.25, 0.3) is 0 Å². The number of amidine groups is 1. The fourth-order valence-electron chi connectivity index (χ4n) is 2.14. The van der Waals surface area contributed by atoms with Crippen molar-refractivity contribution in [2.75, 3.05) is 0 Å². The van der Waals surface area contributed by atoms with Crippen LogP contribution in [-0.2, 0) is 11.2 Å². The first-order chi connectivity index (χ1) is 11.2. The number of hydrogen-bond donors (Lipinski definition) is 1. The van der Waals surface area contributed by atoms with E-state index in [2.05, 4.69) is 15.5 Å². The Morgan fingerprint density at radius 3 is 2.65 bits per heavy atom. The minimum atomic E-state index is -0.236. The summed E-state index contributed by atoms with van der Waals surface area (Å²) in [5.41, 5.74) is 1.91. The maximum absolute atomic E-state index is 12.0. The molecule has 6 heteroatoms. The number of amides is 1. The fourth-order valence-corrected chi connectivity index (χ4v) is 3.30. The van der Waals surface area contributed by atoms with E-state index in [1.807, 2.05) is 54.6 Å². The number of nitrogens with zero attached hydrogens (tertiary/aromatic N) is 2. The molecular weight excluding hydrogens is 330 g/mol. The van der Waals surface area contributed by atoms with E-state index in [1.165, 1.54) is 11.8 Å². The molecule has 1 amide bonds. The molecule has 0 spiro atoms. The largest absolute Gasteiger partial charge is 0.303 e. The lowest BCUT2D eigenvalue weighted by Gasteiger charge is -2.06. The highest BCUT2D eigenvalue weighted by atomic mass is 35.5. The predicted molar refractivity (Wildman–Crippen MR) is 96.1 cm³/mol. The number of carbonyl (C=O) groups excluding carboxylic acids is 1. The Kier molecular flexibility index (Phi) is 5.10. The van der Waals surface area contributed by atoms with E-state index in [0.717, 1.165) is 11.1 Å². The lowest BCUT2D eigenvalue weighted by atomic mass is 10.1. The normalized spacial score (nSPS) is 19.4. The Balaban J connectivity index is 1.64. The van der Waals surface area contributed by atoms with Crippen molar-refractivity contribution in [1.82, 2.24) is 5.32 Å². The van der Waals surface area contributed by atoms with Gasteiger partial charge in [0.25, 0.3) is 0 Å². The summed E-state index contributed by atoms with van der Waals surface area (Å²) in [6.07, 6.45) is 2.22. The number of nitrogens with one attached hydrogen (secondary N) is 1. The van der Waals surface area contributed by atoms with Crippen molar-refractivity contribution in [1.29, 1.82) is 0 Å². The van der Waals surface area contributed by atoms with E-state index >= 15 is 0 Å². The van der Waals surface area contributed by atoms with E-state index in [4.69, 9.17) is 11.6 Å². The van der Waals surface area contributed by atoms with Crippen molar-refractivity contribution in [2.45, 2.75) is 11.7 Å².